The maximum absolute atomic E-state index is 14.4. The first kappa shape index (κ1) is 20.1. The van der Waals surface area contributed by atoms with Crippen LogP contribution < -0.4 is 10.6 Å². The minimum absolute atomic E-state index is 0. The van der Waals surface area contributed by atoms with Gasteiger partial charge in [-0.1, -0.05) is 35.9 Å². The molecule has 2 aromatic rings. The molecule has 1 aliphatic rings. The van der Waals surface area contributed by atoms with E-state index in [2.05, 4.69) is 16.7 Å². The Hall–Kier alpha value is -2.17. The van der Waals surface area contributed by atoms with Crippen LogP contribution >= 0.6 is 12.4 Å². The number of benzene rings is 2. The summed E-state index contributed by atoms with van der Waals surface area (Å²) >= 11 is 0. The Labute approximate surface area is 160 Å². The molecule has 0 atom stereocenters. The average molecular weight is 375 g/mol. The molecule has 138 valence electrons. The lowest BCUT2D eigenvalue weighted by molar-refractivity contribution is 0.0952. The summed E-state index contributed by atoms with van der Waals surface area (Å²) in [6, 6.07) is 10.8. The van der Waals surface area contributed by atoms with Crippen LogP contribution in [0.2, 0.25) is 0 Å². The highest BCUT2D eigenvalue weighted by molar-refractivity contribution is 5.95. The highest BCUT2D eigenvalue weighted by atomic mass is 35.5. The predicted octanol–water partition coefficient (Wildman–Crippen LogP) is 4.18. The molecule has 0 radical (unpaired) electrons. The average Bonchev–Trinajstić information content (AvgIpc) is 2.63. The number of aryl methyl sites for hydroxylation is 2. The quantitative estimate of drug-likeness (QED) is 0.788. The molecule has 26 heavy (non-hydrogen) atoms. The number of nitrogens with one attached hydrogen (secondary N) is 2. The Balaban J connectivity index is 0.00000243. The van der Waals surface area contributed by atoms with Gasteiger partial charge in [0.1, 0.15) is 5.82 Å². The van der Waals surface area contributed by atoms with E-state index in [4.69, 9.17) is 0 Å². The van der Waals surface area contributed by atoms with Gasteiger partial charge in [-0.05, 0) is 61.2 Å². The van der Waals surface area contributed by atoms with Gasteiger partial charge in [-0.2, -0.15) is 0 Å². The van der Waals surface area contributed by atoms with Gasteiger partial charge in [0, 0.05) is 13.1 Å². The summed E-state index contributed by atoms with van der Waals surface area (Å²) in [6.45, 7) is 6.29. The second kappa shape index (κ2) is 8.97. The lowest BCUT2D eigenvalue weighted by atomic mass is 9.99. The second-order valence-electron chi connectivity index (χ2n) is 6.49. The molecular weight excluding hydrogens is 351 g/mol. The number of halogens is 2. The zero-order chi connectivity index (χ0) is 17.8. The molecule has 0 saturated carbocycles. The smallest absolute Gasteiger partial charge is 0.254 e. The Morgan fingerprint density at radius 3 is 2.50 bits per heavy atom. The first-order valence-corrected chi connectivity index (χ1v) is 8.58. The first-order chi connectivity index (χ1) is 12.0. The van der Waals surface area contributed by atoms with E-state index in [1.807, 2.05) is 32.0 Å². The lowest BCUT2D eigenvalue weighted by Gasteiger charge is -2.15. The highest BCUT2D eigenvalue weighted by Crippen LogP contribution is 2.24. The summed E-state index contributed by atoms with van der Waals surface area (Å²) in [5, 5.41) is 6.03. The maximum Gasteiger partial charge on any atom is 0.254 e. The van der Waals surface area contributed by atoms with Crippen molar-refractivity contribution in [3.05, 3.63) is 70.6 Å². The summed E-state index contributed by atoms with van der Waals surface area (Å²) in [7, 11) is 0. The third-order valence-corrected chi connectivity index (χ3v) is 4.69. The normalized spacial score (nSPS) is 13.6. The topological polar surface area (TPSA) is 41.1 Å². The van der Waals surface area contributed by atoms with E-state index in [9.17, 15) is 9.18 Å². The van der Waals surface area contributed by atoms with Crippen LogP contribution in [0.5, 0.6) is 0 Å². The molecule has 1 aliphatic heterocycles. The molecule has 3 rings (SSSR count). The van der Waals surface area contributed by atoms with Gasteiger partial charge in [-0.15, -0.1) is 12.4 Å². The van der Waals surface area contributed by atoms with Gasteiger partial charge in [-0.25, -0.2) is 4.39 Å². The monoisotopic (exact) mass is 374 g/mol. The van der Waals surface area contributed by atoms with Crippen molar-refractivity contribution >= 4 is 18.3 Å². The molecule has 1 amide bonds. The molecule has 0 aromatic heterocycles. The predicted molar refractivity (Wildman–Crippen MR) is 106 cm³/mol. The van der Waals surface area contributed by atoms with Crippen molar-refractivity contribution in [3.8, 4) is 11.1 Å². The maximum atomic E-state index is 14.4. The van der Waals surface area contributed by atoms with Crippen LogP contribution in [0.3, 0.4) is 0 Å². The fourth-order valence-corrected chi connectivity index (χ4v) is 2.92. The van der Waals surface area contributed by atoms with Crippen LogP contribution in [0.25, 0.3) is 11.1 Å². The van der Waals surface area contributed by atoms with Crippen LogP contribution in [-0.2, 0) is 0 Å². The first-order valence-electron chi connectivity index (χ1n) is 8.58. The Kier molecular flexibility index (Phi) is 6.95. The van der Waals surface area contributed by atoms with E-state index in [1.165, 1.54) is 17.2 Å². The van der Waals surface area contributed by atoms with Crippen molar-refractivity contribution in [3.63, 3.8) is 0 Å². The van der Waals surface area contributed by atoms with Crippen molar-refractivity contribution in [1.82, 2.24) is 10.6 Å². The van der Waals surface area contributed by atoms with Crippen molar-refractivity contribution in [2.75, 3.05) is 19.6 Å². The second-order valence-corrected chi connectivity index (χ2v) is 6.49. The number of rotatable bonds is 4. The molecule has 0 aliphatic carbocycles. The molecule has 0 spiro atoms. The summed E-state index contributed by atoms with van der Waals surface area (Å²) < 4.78 is 14.4. The number of carbonyl (C=O) groups excluding carboxylic acids is 1. The van der Waals surface area contributed by atoms with Crippen LogP contribution in [0.1, 0.15) is 27.9 Å². The van der Waals surface area contributed by atoms with E-state index in [-0.39, 0.29) is 23.9 Å². The lowest BCUT2D eigenvalue weighted by Crippen LogP contribution is -2.30. The van der Waals surface area contributed by atoms with E-state index in [1.54, 1.807) is 12.1 Å². The Bertz CT molecular complexity index is 833. The Morgan fingerprint density at radius 2 is 1.85 bits per heavy atom. The van der Waals surface area contributed by atoms with Gasteiger partial charge >= 0.3 is 0 Å². The standard InChI is InChI=1S/C21H23FN2O.ClH/c1-14-3-4-17(11-15(14)2)18-5-6-19(20(22)12-18)21(25)24-13-16-7-9-23-10-8-16;/h3-7,11-12,23H,8-10,13H2,1-2H3,(H,24,25);1H. The van der Waals surface area contributed by atoms with Crippen molar-refractivity contribution in [1.29, 1.82) is 0 Å². The van der Waals surface area contributed by atoms with Gasteiger partial charge in [-0.3, -0.25) is 4.79 Å². The van der Waals surface area contributed by atoms with Gasteiger partial charge in [0.15, 0.2) is 0 Å². The summed E-state index contributed by atoms with van der Waals surface area (Å²) in [4.78, 5) is 12.3. The number of hydrogen-bond donors (Lipinski definition) is 2. The van der Waals surface area contributed by atoms with Crippen molar-refractivity contribution in [2.45, 2.75) is 20.3 Å². The third kappa shape index (κ3) is 4.71. The Morgan fingerprint density at radius 1 is 1.12 bits per heavy atom. The van der Waals surface area contributed by atoms with Gasteiger partial charge in [0.25, 0.3) is 5.91 Å². The van der Waals surface area contributed by atoms with Crippen molar-refractivity contribution in [2.24, 2.45) is 0 Å². The van der Waals surface area contributed by atoms with E-state index in [0.29, 0.717) is 6.54 Å². The molecule has 1 heterocycles. The molecule has 0 saturated heterocycles. The van der Waals surface area contributed by atoms with Gasteiger partial charge < -0.3 is 10.6 Å². The molecular formula is C21H24ClFN2O. The van der Waals surface area contributed by atoms with Crippen LogP contribution in [0.4, 0.5) is 4.39 Å². The van der Waals surface area contributed by atoms with E-state index < -0.39 is 5.82 Å². The van der Waals surface area contributed by atoms with Crippen LogP contribution in [0.15, 0.2) is 48.0 Å². The summed E-state index contributed by atoms with van der Waals surface area (Å²) in [5.41, 5.74) is 5.36. The van der Waals surface area contributed by atoms with Crippen LogP contribution in [-0.4, -0.2) is 25.5 Å². The molecule has 0 unspecified atom stereocenters. The molecule has 2 aromatic carbocycles. The molecule has 3 nitrogen and oxygen atoms in total. The summed E-state index contributed by atoms with van der Waals surface area (Å²) in [6.07, 6.45) is 2.98. The zero-order valence-corrected chi connectivity index (χ0v) is 15.9. The van der Waals surface area contributed by atoms with E-state index >= 15 is 0 Å². The molecule has 5 heteroatoms. The van der Waals surface area contributed by atoms with Crippen LogP contribution in [0, 0.1) is 19.7 Å². The minimum atomic E-state index is -0.493. The fourth-order valence-electron chi connectivity index (χ4n) is 2.92. The molecule has 2 N–H and O–H groups in total. The van der Waals surface area contributed by atoms with Crippen molar-refractivity contribution < 1.29 is 9.18 Å². The highest BCUT2D eigenvalue weighted by Gasteiger charge is 2.14. The molecule has 0 fully saturated rings. The SMILES string of the molecule is Cc1ccc(-c2ccc(C(=O)NCC3=CCNCC3)c(F)c2)cc1C.Cl. The molecule has 0 bridgehead atoms. The van der Waals surface area contributed by atoms with Gasteiger partial charge in [0.05, 0.1) is 5.56 Å². The largest absolute Gasteiger partial charge is 0.348 e. The fraction of sp³-hybridized carbons (Fsp3) is 0.286. The number of carbonyl (C=O) groups is 1. The minimum Gasteiger partial charge on any atom is -0.348 e. The number of hydrogen-bond acceptors (Lipinski definition) is 2. The van der Waals surface area contributed by atoms with Gasteiger partial charge in [0.2, 0.25) is 0 Å². The summed E-state index contributed by atoms with van der Waals surface area (Å²) in [5.74, 6) is -0.865. The third-order valence-electron chi connectivity index (χ3n) is 4.69. The van der Waals surface area contributed by atoms with E-state index in [0.717, 1.165) is 36.2 Å². The number of amides is 1. The zero-order valence-electron chi connectivity index (χ0n) is 15.1.